The van der Waals surface area contributed by atoms with Gasteiger partial charge in [0.1, 0.15) is 5.01 Å². The van der Waals surface area contributed by atoms with E-state index in [4.69, 9.17) is 23.2 Å². The molecule has 1 heterocycles. The van der Waals surface area contributed by atoms with Crippen LogP contribution < -0.4 is 10.6 Å². The van der Waals surface area contributed by atoms with Crippen LogP contribution >= 0.6 is 34.5 Å². The first-order chi connectivity index (χ1) is 11.0. The molecule has 23 heavy (non-hydrogen) atoms. The number of carbonyl (C=O) groups excluding carboxylic acids is 2. The van der Waals surface area contributed by atoms with Crippen molar-refractivity contribution in [2.45, 2.75) is 19.8 Å². The van der Waals surface area contributed by atoms with Crippen LogP contribution in [0.4, 0.5) is 5.13 Å². The molecule has 0 atom stereocenters. The summed E-state index contributed by atoms with van der Waals surface area (Å²) in [6.45, 7) is 1.84. The maximum Gasteiger partial charge on any atom is 0.253 e. The van der Waals surface area contributed by atoms with E-state index in [0.29, 0.717) is 10.2 Å². The third-order valence-electron chi connectivity index (χ3n) is 2.76. The molecule has 2 N–H and O–H groups in total. The van der Waals surface area contributed by atoms with Crippen LogP contribution in [0.1, 0.15) is 28.7 Å². The van der Waals surface area contributed by atoms with Crippen molar-refractivity contribution < 1.29 is 9.59 Å². The number of amides is 2. The van der Waals surface area contributed by atoms with E-state index >= 15 is 0 Å². The Kier molecular flexibility index (Phi) is 6.32. The van der Waals surface area contributed by atoms with Crippen LogP contribution in [0.2, 0.25) is 10.0 Å². The normalized spacial score (nSPS) is 10.4. The second-order valence-electron chi connectivity index (χ2n) is 4.61. The molecule has 0 fully saturated rings. The fourth-order valence-electron chi connectivity index (χ4n) is 1.71. The quantitative estimate of drug-likeness (QED) is 0.815. The number of rotatable bonds is 6. The average Bonchev–Trinajstić information content (AvgIpc) is 2.92. The van der Waals surface area contributed by atoms with E-state index < -0.39 is 5.91 Å². The van der Waals surface area contributed by atoms with Crippen LogP contribution in [0.15, 0.2) is 18.2 Å². The van der Waals surface area contributed by atoms with Crippen molar-refractivity contribution in [2.75, 3.05) is 11.9 Å². The molecule has 1 aromatic carbocycles. The average molecular weight is 373 g/mol. The summed E-state index contributed by atoms with van der Waals surface area (Å²) in [5, 5.41) is 14.8. The second-order valence-corrected chi connectivity index (χ2v) is 6.51. The predicted molar refractivity (Wildman–Crippen MR) is 91.3 cm³/mol. The van der Waals surface area contributed by atoms with Gasteiger partial charge in [-0.15, -0.1) is 10.2 Å². The van der Waals surface area contributed by atoms with Gasteiger partial charge in [-0.2, -0.15) is 0 Å². The van der Waals surface area contributed by atoms with Crippen LogP contribution in [0.5, 0.6) is 0 Å². The molecule has 2 rings (SSSR count). The van der Waals surface area contributed by atoms with Crippen molar-refractivity contribution in [3.8, 4) is 0 Å². The first-order valence-electron chi connectivity index (χ1n) is 6.85. The molecule has 122 valence electrons. The lowest BCUT2D eigenvalue weighted by molar-refractivity contribution is -0.115. The smallest absolute Gasteiger partial charge is 0.253 e. The lowest BCUT2D eigenvalue weighted by atomic mass is 10.2. The second kappa shape index (κ2) is 8.24. The van der Waals surface area contributed by atoms with Gasteiger partial charge in [-0.05, 0) is 24.6 Å². The van der Waals surface area contributed by atoms with Crippen molar-refractivity contribution in [1.29, 1.82) is 0 Å². The van der Waals surface area contributed by atoms with Crippen molar-refractivity contribution >= 4 is 51.5 Å². The fraction of sp³-hybridized carbons (Fsp3) is 0.286. The Balaban J connectivity index is 1.86. The molecule has 0 aliphatic heterocycles. The van der Waals surface area contributed by atoms with Crippen LogP contribution in [0.25, 0.3) is 0 Å². The van der Waals surface area contributed by atoms with E-state index in [1.54, 1.807) is 6.07 Å². The number of nitrogens with one attached hydrogen (secondary N) is 2. The zero-order chi connectivity index (χ0) is 16.8. The molecular weight excluding hydrogens is 359 g/mol. The zero-order valence-corrected chi connectivity index (χ0v) is 14.6. The van der Waals surface area contributed by atoms with Crippen LogP contribution in [-0.2, 0) is 11.2 Å². The lowest BCUT2D eigenvalue weighted by Gasteiger charge is -2.06. The highest BCUT2D eigenvalue weighted by molar-refractivity contribution is 7.15. The van der Waals surface area contributed by atoms with E-state index in [1.165, 1.54) is 23.5 Å². The number of aryl methyl sites for hydroxylation is 1. The minimum absolute atomic E-state index is 0.194. The monoisotopic (exact) mass is 372 g/mol. The maximum atomic E-state index is 12.0. The number of anilines is 1. The van der Waals surface area contributed by atoms with Gasteiger partial charge in [-0.1, -0.05) is 41.5 Å². The Morgan fingerprint density at radius 1 is 1.26 bits per heavy atom. The molecule has 2 amide bonds. The number of carbonyl (C=O) groups is 2. The molecule has 0 spiro atoms. The SMILES string of the molecule is CCCc1nnc(NC(=O)CNC(=O)c2ccc(Cl)cc2Cl)s1. The molecule has 2 aromatic rings. The van der Waals surface area contributed by atoms with E-state index in [2.05, 4.69) is 20.8 Å². The Bertz CT molecular complexity index is 721. The zero-order valence-electron chi connectivity index (χ0n) is 12.2. The van der Waals surface area contributed by atoms with Gasteiger partial charge in [0.05, 0.1) is 17.1 Å². The van der Waals surface area contributed by atoms with Crippen LogP contribution in [0, 0.1) is 0 Å². The predicted octanol–water partition coefficient (Wildman–Crippen LogP) is 3.17. The van der Waals surface area contributed by atoms with Crippen molar-refractivity contribution in [2.24, 2.45) is 0 Å². The molecule has 9 heteroatoms. The van der Waals surface area contributed by atoms with E-state index in [9.17, 15) is 9.59 Å². The third-order valence-corrected chi connectivity index (χ3v) is 4.21. The van der Waals surface area contributed by atoms with Crippen molar-refractivity contribution in [3.63, 3.8) is 0 Å². The van der Waals surface area contributed by atoms with Crippen LogP contribution in [-0.4, -0.2) is 28.6 Å². The topological polar surface area (TPSA) is 84.0 Å². The molecule has 0 saturated carbocycles. The highest BCUT2D eigenvalue weighted by atomic mass is 35.5. The minimum Gasteiger partial charge on any atom is -0.343 e. The first kappa shape index (κ1) is 17.7. The van der Waals surface area contributed by atoms with Gasteiger partial charge in [0.15, 0.2) is 0 Å². The fourth-order valence-corrected chi connectivity index (χ4v) is 3.06. The number of benzene rings is 1. The summed E-state index contributed by atoms with van der Waals surface area (Å²) in [6, 6.07) is 4.52. The summed E-state index contributed by atoms with van der Waals surface area (Å²) in [4.78, 5) is 23.8. The van der Waals surface area contributed by atoms with Crippen molar-refractivity contribution in [3.05, 3.63) is 38.8 Å². The highest BCUT2D eigenvalue weighted by Crippen LogP contribution is 2.20. The molecule has 0 saturated heterocycles. The van der Waals surface area contributed by atoms with Gasteiger partial charge in [0.25, 0.3) is 5.91 Å². The lowest BCUT2D eigenvalue weighted by Crippen LogP contribution is -2.33. The molecule has 0 radical (unpaired) electrons. The number of nitrogens with zero attached hydrogens (tertiary/aromatic N) is 2. The van der Waals surface area contributed by atoms with E-state index in [0.717, 1.165) is 17.8 Å². The molecule has 1 aromatic heterocycles. The minimum atomic E-state index is -0.453. The molecule has 0 bridgehead atoms. The Labute approximate surface area is 147 Å². The van der Waals surface area contributed by atoms with Crippen LogP contribution in [0.3, 0.4) is 0 Å². The molecule has 6 nitrogen and oxygen atoms in total. The number of aromatic nitrogens is 2. The summed E-state index contributed by atoms with van der Waals surface area (Å²) in [5.74, 6) is -0.839. The standard InChI is InChI=1S/C14H14Cl2N4O2S/c1-2-3-12-19-20-14(23-12)18-11(21)7-17-13(22)9-5-4-8(15)6-10(9)16/h4-6H,2-3,7H2,1H3,(H,17,22)(H,18,20,21). The Morgan fingerprint density at radius 2 is 2.04 bits per heavy atom. The summed E-state index contributed by atoms with van der Waals surface area (Å²) in [5.41, 5.74) is 0.255. The summed E-state index contributed by atoms with van der Waals surface area (Å²) in [6.07, 6.45) is 1.78. The van der Waals surface area contributed by atoms with Gasteiger partial charge >= 0.3 is 0 Å². The number of halogens is 2. The molecule has 0 aliphatic rings. The van der Waals surface area contributed by atoms with Crippen molar-refractivity contribution in [1.82, 2.24) is 15.5 Å². The molecular formula is C14H14Cl2N4O2S. The summed E-state index contributed by atoms with van der Waals surface area (Å²) in [7, 11) is 0. The summed E-state index contributed by atoms with van der Waals surface area (Å²) >= 11 is 13.0. The van der Waals surface area contributed by atoms with Gasteiger partial charge in [0.2, 0.25) is 11.0 Å². The summed E-state index contributed by atoms with van der Waals surface area (Å²) < 4.78 is 0. The van der Waals surface area contributed by atoms with Gasteiger partial charge in [0, 0.05) is 11.4 Å². The van der Waals surface area contributed by atoms with E-state index in [1.807, 2.05) is 6.92 Å². The van der Waals surface area contributed by atoms with Gasteiger partial charge in [-0.25, -0.2) is 0 Å². The first-order valence-corrected chi connectivity index (χ1v) is 8.42. The van der Waals surface area contributed by atoms with E-state index in [-0.39, 0.29) is 23.0 Å². The maximum absolute atomic E-state index is 12.0. The Morgan fingerprint density at radius 3 is 2.74 bits per heavy atom. The molecule has 0 aliphatic carbocycles. The number of hydrogen-bond donors (Lipinski definition) is 2. The largest absolute Gasteiger partial charge is 0.343 e. The van der Waals surface area contributed by atoms with Gasteiger partial charge in [-0.3, -0.25) is 14.9 Å². The third kappa shape index (κ3) is 5.16. The Hall–Kier alpha value is -1.70. The van der Waals surface area contributed by atoms with Gasteiger partial charge < -0.3 is 5.32 Å². The molecule has 0 unspecified atom stereocenters. The highest BCUT2D eigenvalue weighted by Gasteiger charge is 2.13. The number of hydrogen-bond acceptors (Lipinski definition) is 5.